The van der Waals surface area contributed by atoms with Gasteiger partial charge in [-0.25, -0.2) is 0 Å². The Morgan fingerprint density at radius 1 is 1.24 bits per heavy atom. The quantitative estimate of drug-likeness (QED) is 0.831. The molecule has 2 aromatic rings. The van der Waals surface area contributed by atoms with E-state index in [-0.39, 0.29) is 0 Å². The molecule has 0 amide bonds. The van der Waals surface area contributed by atoms with Crippen LogP contribution in [0.1, 0.15) is 18.2 Å². The van der Waals surface area contributed by atoms with Crippen LogP contribution >= 0.6 is 0 Å². The summed E-state index contributed by atoms with van der Waals surface area (Å²) in [6.45, 7) is 2.92. The van der Waals surface area contributed by atoms with E-state index < -0.39 is 0 Å². The maximum atomic E-state index is 9.17. The Morgan fingerprint density at radius 3 is 2.65 bits per heavy atom. The summed E-state index contributed by atoms with van der Waals surface area (Å²) < 4.78 is 5.30. The van der Waals surface area contributed by atoms with Crippen LogP contribution in [0.2, 0.25) is 0 Å². The number of hydrogen-bond acceptors (Lipinski definition) is 3. The maximum Gasteiger partial charge on any atom is 0.115 e. The van der Waals surface area contributed by atoms with Crippen molar-refractivity contribution in [2.45, 2.75) is 25.9 Å². The van der Waals surface area contributed by atoms with Crippen LogP contribution in [0, 0.1) is 0 Å². The van der Waals surface area contributed by atoms with E-state index in [2.05, 4.69) is 12.2 Å². The minimum absolute atomic E-state index is 0.303. The zero-order valence-corrected chi connectivity index (χ0v) is 9.89. The van der Waals surface area contributed by atoms with E-state index >= 15 is 0 Å². The molecule has 0 spiro atoms. The van der Waals surface area contributed by atoms with Gasteiger partial charge in [0.25, 0.3) is 0 Å². The summed E-state index contributed by atoms with van der Waals surface area (Å²) in [5, 5.41) is 12.6. The van der Waals surface area contributed by atoms with Gasteiger partial charge in [0, 0.05) is 19.0 Å². The van der Waals surface area contributed by atoms with Crippen molar-refractivity contribution in [3.05, 3.63) is 54.0 Å². The number of aromatic hydroxyl groups is 1. The second-order valence-corrected chi connectivity index (χ2v) is 4.23. The summed E-state index contributed by atoms with van der Waals surface area (Å²) in [6, 6.07) is 11.5. The lowest BCUT2D eigenvalue weighted by atomic mass is 10.1. The highest BCUT2D eigenvalue weighted by Crippen LogP contribution is 2.10. The largest absolute Gasteiger partial charge is 0.508 e. The molecule has 3 nitrogen and oxygen atoms in total. The molecule has 0 fully saturated rings. The lowest BCUT2D eigenvalue weighted by Gasteiger charge is -2.12. The van der Waals surface area contributed by atoms with Gasteiger partial charge in [0.2, 0.25) is 0 Å². The fourth-order valence-electron chi connectivity index (χ4n) is 1.71. The first-order valence-electron chi connectivity index (χ1n) is 5.78. The third-order valence-electron chi connectivity index (χ3n) is 2.68. The molecule has 0 aliphatic heterocycles. The zero-order valence-electron chi connectivity index (χ0n) is 9.89. The Kier molecular flexibility index (Phi) is 3.83. The first-order chi connectivity index (χ1) is 8.24. The summed E-state index contributed by atoms with van der Waals surface area (Å²) in [5.74, 6) is 1.30. The Hall–Kier alpha value is -1.74. The van der Waals surface area contributed by atoms with Gasteiger partial charge in [-0.1, -0.05) is 12.1 Å². The van der Waals surface area contributed by atoms with Crippen LogP contribution in [0.4, 0.5) is 0 Å². The number of hydrogen-bond donors (Lipinski definition) is 2. The van der Waals surface area contributed by atoms with Crippen LogP contribution < -0.4 is 5.32 Å². The van der Waals surface area contributed by atoms with Gasteiger partial charge in [-0.15, -0.1) is 0 Å². The van der Waals surface area contributed by atoms with E-state index in [1.807, 2.05) is 24.3 Å². The average molecular weight is 231 g/mol. The molecule has 17 heavy (non-hydrogen) atoms. The molecule has 1 unspecified atom stereocenters. The second kappa shape index (κ2) is 5.55. The maximum absolute atomic E-state index is 9.17. The van der Waals surface area contributed by atoms with Gasteiger partial charge in [0.05, 0.1) is 6.26 Å². The highest BCUT2D eigenvalue weighted by atomic mass is 16.3. The monoisotopic (exact) mass is 231 g/mol. The van der Waals surface area contributed by atoms with Crippen LogP contribution in [-0.4, -0.2) is 11.1 Å². The molecule has 0 radical (unpaired) electrons. The molecular weight excluding hydrogens is 214 g/mol. The lowest BCUT2D eigenvalue weighted by Crippen LogP contribution is -2.27. The molecule has 1 aromatic carbocycles. The van der Waals surface area contributed by atoms with E-state index in [1.54, 1.807) is 18.4 Å². The normalized spacial score (nSPS) is 12.5. The molecule has 0 bridgehead atoms. The smallest absolute Gasteiger partial charge is 0.115 e. The van der Waals surface area contributed by atoms with Gasteiger partial charge in [-0.3, -0.25) is 0 Å². The van der Waals surface area contributed by atoms with E-state index in [0.717, 1.165) is 24.3 Å². The Bertz CT molecular complexity index is 434. The summed E-state index contributed by atoms with van der Waals surface area (Å²) in [6.07, 6.45) is 2.58. The molecule has 90 valence electrons. The third kappa shape index (κ3) is 3.64. The van der Waals surface area contributed by atoms with Crippen molar-refractivity contribution in [1.82, 2.24) is 5.32 Å². The van der Waals surface area contributed by atoms with Gasteiger partial charge in [0.1, 0.15) is 11.5 Å². The predicted octanol–water partition coefficient (Wildman–Crippen LogP) is 2.71. The van der Waals surface area contributed by atoms with Gasteiger partial charge in [-0.2, -0.15) is 0 Å². The van der Waals surface area contributed by atoms with E-state index in [1.165, 1.54) is 0 Å². The highest BCUT2D eigenvalue weighted by molar-refractivity contribution is 5.25. The summed E-state index contributed by atoms with van der Waals surface area (Å²) in [7, 11) is 0. The van der Waals surface area contributed by atoms with Crippen LogP contribution in [-0.2, 0) is 13.0 Å². The van der Waals surface area contributed by atoms with Crippen molar-refractivity contribution in [2.75, 3.05) is 0 Å². The molecule has 2 rings (SSSR count). The van der Waals surface area contributed by atoms with Crippen molar-refractivity contribution in [3.63, 3.8) is 0 Å². The standard InChI is InChI=1S/C14H17NO2/c1-11(9-14-3-2-8-17-14)15-10-12-4-6-13(16)7-5-12/h2-8,11,15-16H,9-10H2,1H3. The van der Waals surface area contributed by atoms with Crippen LogP contribution in [0.3, 0.4) is 0 Å². The summed E-state index contributed by atoms with van der Waals surface area (Å²) in [4.78, 5) is 0. The van der Waals surface area contributed by atoms with E-state index in [4.69, 9.17) is 4.42 Å². The molecule has 3 heteroatoms. The predicted molar refractivity (Wildman–Crippen MR) is 66.8 cm³/mol. The molecule has 2 N–H and O–H groups in total. The third-order valence-corrected chi connectivity index (χ3v) is 2.68. The first kappa shape index (κ1) is 11.7. The van der Waals surface area contributed by atoms with Crippen molar-refractivity contribution in [2.24, 2.45) is 0 Å². The van der Waals surface area contributed by atoms with E-state index in [0.29, 0.717) is 11.8 Å². The molecule has 0 saturated heterocycles. The van der Waals surface area contributed by atoms with Crippen molar-refractivity contribution < 1.29 is 9.52 Å². The van der Waals surface area contributed by atoms with Gasteiger partial charge in [-0.05, 0) is 36.8 Å². The number of furan rings is 1. The minimum Gasteiger partial charge on any atom is -0.508 e. The van der Waals surface area contributed by atoms with Crippen LogP contribution in [0.25, 0.3) is 0 Å². The number of phenolic OH excluding ortho intramolecular Hbond substituents is 1. The number of phenols is 1. The minimum atomic E-state index is 0.303. The summed E-state index contributed by atoms with van der Waals surface area (Å²) in [5.41, 5.74) is 1.16. The Labute approximate surface area is 101 Å². The number of rotatable bonds is 5. The van der Waals surface area contributed by atoms with E-state index in [9.17, 15) is 5.11 Å². The van der Waals surface area contributed by atoms with Gasteiger partial charge >= 0.3 is 0 Å². The SMILES string of the molecule is CC(Cc1ccco1)NCc1ccc(O)cc1. The van der Waals surface area contributed by atoms with Gasteiger partial charge in [0.15, 0.2) is 0 Å². The van der Waals surface area contributed by atoms with Gasteiger partial charge < -0.3 is 14.8 Å². The molecule has 1 heterocycles. The lowest BCUT2D eigenvalue weighted by molar-refractivity contribution is 0.456. The molecule has 0 aliphatic carbocycles. The molecule has 0 aliphatic rings. The summed E-state index contributed by atoms with van der Waals surface area (Å²) >= 11 is 0. The molecule has 1 aromatic heterocycles. The average Bonchev–Trinajstić information content (AvgIpc) is 2.81. The van der Waals surface area contributed by atoms with Crippen LogP contribution in [0.5, 0.6) is 5.75 Å². The highest BCUT2D eigenvalue weighted by Gasteiger charge is 2.04. The fourth-order valence-corrected chi connectivity index (χ4v) is 1.71. The number of nitrogens with one attached hydrogen (secondary N) is 1. The molecular formula is C14H17NO2. The first-order valence-corrected chi connectivity index (χ1v) is 5.78. The number of benzene rings is 1. The van der Waals surface area contributed by atoms with Crippen molar-refractivity contribution in [3.8, 4) is 5.75 Å². The molecule has 0 saturated carbocycles. The molecule has 1 atom stereocenters. The Balaban J connectivity index is 1.79. The van der Waals surface area contributed by atoms with Crippen molar-refractivity contribution in [1.29, 1.82) is 0 Å². The zero-order chi connectivity index (χ0) is 12.1. The Morgan fingerprint density at radius 2 is 2.00 bits per heavy atom. The van der Waals surface area contributed by atoms with Crippen LogP contribution in [0.15, 0.2) is 47.1 Å². The van der Waals surface area contributed by atoms with Crippen molar-refractivity contribution >= 4 is 0 Å². The fraction of sp³-hybridized carbons (Fsp3) is 0.286. The topological polar surface area (TPSA) is 45.4 Å². The second-order valence-electron chi connectivity index (χ2n) is 4.23.